The summed E-state index contributed by atoms with van der Waals surface area (Å²) < 4.78 is 25.7. The molecule has 1 aliphatic carbocycles. The van der Waals surface area contributed by atoms with Crippen molar-refractivity contribution in [3.8, 4) is 0 Å². The van der Waals surface area contributed by atoms with Gasteiger partial charge in [0.15, 0.2) is 0 Å². The first-order valence-electron chi connectivity index (χ1n) is 9.37. The summed E-state index contributed by atoms with van der Waals surface area (Å²) >= 11 is 0. The minimum absolute atomic E-state index is 0.573. The first-order valence-corrected chi connectivity index (χ1v) is 11.3. The molecule has 1 aliphatic rings. The maximum absolute atomic E-state index is 11.6. The molecule has 0 aliphatic heterocycles. The minimum atomic E-state index is -3.31. The standard InChI is InChI=1S/C24H23NO2S/c1-17-7-5-10-20-14-13-19-9-3-4-12-22(19)23(24(17)20)16-18-8-6-11-21(15-18)25-28(2,26)27/h3-12,15-16,25H,13-14H2,1-2H3. The highest BCUT2D eigenvalue weighted by Gasteiger charge is 2.19. The van der Waals surface area contributed by atoms with E-state index in [4.69, 9.17) is 0 Å². The molecule has 0 atom stereocenters. The smallest absolute Gasteiger partial charge is 0.229 e. The number of hydrogen-bond donors (Lipinski definition) is 1. The van der Waals surface area contributed by atoms with Crippen LogP contribution in [0.25, 0.3) is 11.6 Å². The molecule has 3 aromatic carbocycles. The topological polar surface area (TPSA) is 46.2 Å². The quantitative estimate of drug-likeness (QED) is 0.681. The predicted molar refractivity (Wildman–Crippen MR) is 117 cm³/mol. The molecule has 0 spiro atoms. The largest absolute Gasteiger partial charge is 0.284 e. The van der Waals surface area contributed by atoms with Crippen molar-refractivity contribution in [2.75, 3.05) is 11.0 Å². The fourth-order valence-electron chi connectivity index (χ4n) is 3.95. The molecule has 0 heterocycles. The van der Waals surface area contributed by atoms with E-state index in [1.165, 1.54) is 39.6 Å². The SMILES string of the molecule is Cc1cccc2c1C(=Cc1cccc(NS(C)(=O)=O)c1)c1ccccc1CC2. The summed E-state index contributed by atoms with van der Waals surface area (Å²) in [5.41, 5.74) is 9.22. The number of sulfonamides is 1. The van der Waals surface area contributed by atoms with Crippen LogP contribution in [-0.4, -0.2) is 14.7 Å². The average molecular weight is 390 g/mol. The first-order chi connectivity index (χ1) is 13.4. The van der Waals surface area contributed by atoms with Crippen LogP contribution in [0.15, 0.2) is 66.7 Å². The second-order valence-corrected chi connectivity index (χ2v) is 9.07. The van der Waals surface area contributed by atoms with E-state index in [1.807, 2.05) is 18.2 Å². The van der Waals surface area contributed by atoms with E-state index < -0.39 is 10.0 Å². The zero-order valence-electron chi connectivity index (χ0n) is 16.1. The first kappa shape index (κ1) is 18.5. The predicted octanol–water partition coefficient (Wildman–Crippen LogP) is 5.05. The van der Waals surface area contributed by atoms with Gasteiger partial charge in [0.25, 0.3) is 0 Å². The number of rotatable bonds is 3. The number of anilines is 1. The zero-order chi connectivity index (χ0) is 19.7. The molecule has 0 fully saturated rings. The van der Waals surface area contributed by atoms with Crippen LogP contribution in [0, 0.1) is 6.92 Å². The fourth-order valence-corrected chi connectivity index (χ4v) is 4.51. The van der Waals surface area contributed by atoms with Crippen molar-refractivity contribution in [1.82, 2.24) is 0 Å². The second kappa shape index (κ2) is 7.28. The van der Waals surface area contributed by atoms with Gasteiger partial charge in [-0.1, -0.05) is 54.6 Å². The van der Waals surface area contributed by atoms with Gasteiger partial charge in [0.1, 0.15) is 0 Å². The summed E-state index contributed by atoms with van der Waals surface area (Å²) in [5.74, 6) is 0. The summed E-state index contributed by atoms with van der Waals surface area (Å²) in [7, 11) is -3.31. The third kappa shape index (κ3) is 3.87. The molecule has 1 N–H and O–H groups in total. The number of aryl methyl sites for hydroxylation is 3. The molecule has 0 radical (unpaired) electrons. The maximum atomic E-state index is 11.6. The third-order valence-electron chi connectivity index (χ3n) is 5.10. The van der Waals surface area contributed by atoms with Crippen LogP contribution in [0.4, 0.5) is 5.69 Å². The van der Waals surface area contributed by atoms with E-state index in [1.54, 1.807) is 6.07 Å². The molecule has 0 saturated carbocycles. The van der Waals surface area contributed by atoms with Crippen molar-refractivity contribution >= 4 is 27.4 Å². The Morgan fingerprint density at radius 2 is 1.61 bits per heavy atom. The molecular weight excluding hydrogens is 366 g/mol. The summed E-state index contributed by atoms with van der Waals surface area (Å²) in [6.07, 6.45) is 5.36. The molecule has 4 rings (SSSR count). The highest BCUT2D eigenvalue weighted by Crippen LogP contribution is 2.36. The van der Waals surface area contributed by atoms with Crippen molar-refractivity contribution in [1.29, 1.82) is 0 Å². The maximum Gasteiger partial charge on any atom is 0.229 e. The van der Waals surface area contributed by atoms with Gasteiger partial charge in [0, 0.05) is 5.69 Å². The molecule has 0 saturated heterocycles. The lowest BCUT2D eigenvalue weighted by atomic mass is 9.89. The van der Waals surface area contributed by atoms with E-state index in [0.29, 0.717) is 5.69 Å². The Morgan fingerprint density at radius 3 is 2.43 bits per heavy atom. The average Bonchev–Trinajstić information content (AvgIpc) is 2.79. The Balaban J connectivity index is 1.91. The third-order valence-corrected chi connectivity index (χ3v) is 5.71. The van der Waals surface area contributed by atoms with Gasteiger partial charge in [0.05, 0.1) is 6.26 Å². The molecular formula is C24H23NO2S. The number of hydrogen-bond acceptors (Lipinski definition) is 2. The van der Waals surface area contributed by atoms with Crippen molar-refractivity contribution in [2.45, 2.75) is 19.8 Å². The van der Waals surface area contributed by atoms with E-state index >= 15 is 0 Å². The van der Waals surface area contributed by atoms with E-state index in [2.05, 4.69) is 60.2 Å². The minimum Gasteiger partial charge on any atom is -0.284 e. The highest BCUT2D eigenvalue weighted by molar-refractivity contribution is 7.92. The Kier molecular flexibility index (Phi) is 4.82. The van der Waals surface area contributed by atoms with E-state index in [-0.39, 0.29) is 0 Å². The Hall–Kier alpha value is -2.85. The van der Waals surface area contributed by atoms with Crippen molar-refractivity contribution in [3.63, 3.8) is 0 Å². The monoisotopic (exact) mass is 389 g/mol. The van der Waals surface area contributed by atoms with Crippen LogP contribution in [0.1, 0.15) is 33.4 Å². The molecule has 4 heteroatoms. The van der Waals surface area contributed by atoms with Gasteiger partial charge in [-0.05, 0) is 76.9 Å². The molecule has 28 heavy (non-hydrogen) atoms. The summed E-state index contributed by atoms with van der Waals surface area (Å²) in [6, 6.07) is 22.6. The summed E-state index contributed by atoms with van der Waals surface area (Å²) in [4.78, 5) is 0. The van der Waals surface area contributed by atoms with Gasteiger partial charge in [0.2, 0.25) is 10.0 Å². The number of fused-ring (bicyclic) bond motifs is 2. The van der Waals surface area contributed by atoms with Gasteiger partial charge in [-0.25, -0.2) is 8.42 Å². The van der Waals surface area contributed by atoms with Gasteiger partial charge < -0.3 is 0 Å². The summed E-state index contributed by atoms with van der Waals surface area (Å²) in [6.45, 7) is 2.16. The Morgan fingerprint density at radius 1 is 0.893 bits per heavy atom. The number of benzene rings is 3. The van der Waals surface area contributed by atoms with Crippen LogP contribution >= 0.6 is 0 Å². The van der Waals surface area contributed by atoms with Crippen LogP contribution in [0.2, 0.25) is 0 Å². The molecule has 0 bridgehead atoms. The number of nitrogens with one attached hydrogen (secondary N) is 1. The van der Waals surface area contributed by atoms with E-state index in [0.717, 1.165) is 18.4 Å². The van der Waals surface area contributed by atoms with Gasteiger partial charge in [-0.2, -0.15) is 0 Å². The van der Waals surface area contributed by atoms with Crippen LogP contribution in [0.3, 0.4) is 0 Å². The van der Waals surface area contributed by atoms with Crippen molar-refractivity contribution < 1.29 is 8.42 Å². The molecule has 142 valence electrons. The lowest BCUT2D eigenvalue weighted by Crippen LogP contribution is -2.09. The van der Waals surface area contributed by atoms with Gasteiger partial charge in [-0.3, -0.25) is 4.72 Å². The molecule has 3 nitrogen and oxygen atoms in total. The van der Waals surface area contributed by atoms with Gasteiger partial charge >= 0.3 is 0 Å². The Labute approximate surface area is 166 Å². The lowest BCUT2D eigenvalue weighted by Gasteiger charge is -2.15. The zero-order valence-corrected chi connectivity index (χ0v) is 16.9. The highest BCUT2D eigenvalue weighted by atomic mass is 32.2. The van der Waals surface area contributed by atoms with Gasteiger partial charge in [-0.15, -0.1) is 0 Å². The second-order valence-electron chi connectivity index (χ2n) is 7.32. The van der Waals surface area contributed by atoms with E-state index in [9.17, 15) is 8.42 Å². The normalized spacial score (nSPS) is 14.9. The molecule has 0 aromatic heterocycles. The molecule has 0 amide bonds. The Bertz CT molecular complexity index is 1180. The van der Waals surface area contributed by atoms with Crippen LogP contribution < -0.4 is 4.72 Å². The summed E-state index contributed by atoms with van der Waals surface area (Å²) in [5, 5.41) is 0. The fraction of sp³-hybridized carbons (Fsp3) is 0.167. The van der Waals surface area contributed by atoms with Crippen molar-refractivity contribution in [3.05, 3.63) is 100 Å². The molecule has 0 unspecified atom stereocenters. The lowest BCUT2D eigenvalue weighted by molar-refractivity contribution is 0.607. The van der Waals surface area contributed by atoms with Crippen LogP contribution in [0.5, 0.6) is 0 Å². The van der Waals surface area contributed by atoms with Crippen LogP contribution in [-0.2, 0) is 22.9 Å². The van der Waals surface area contributed by atoms with Crippen molar-refractivity contribution in [2.24, 2.45) is 0 Å². The molecule has 3 aromatic rings.